The zero-order valence-electron chi connectivity index (χ0n) is 7.83. The molecular weight excluding hydrogens is 168 g/mol. The van der Waals surface area contributed by atoms with Crippen LogP contribution in [0.2, 0.25) is 0 Å². The van der Waals surface area contributed by atoms with Crippen LogP contribution in [0.3, 0.4) is 0 Å². The van der Waals surface area contributed by atoms with Crippen LogP contribution < -0.4 is 0 Å². The number of benzene rings is 2. The Kier molecular flexibility index (Phi) is 1.40. The Morgan fingerprint density at radius 1 is 0.786 bits per heavy atom. The Bertz CT molecular complexity index is 521. The molecule has 0 heterocycles. The second-order valence-electron chi connectivity index (χ2n) is 3.52. The monoisotopic (exact) mass is 178 g/mol. The smallest absolute Gasteiger partial charge is 0.00266 e. The van der Waals surface area contributed by atoms with Crippen molar-refractivity contribution in [2.75, 3.05) is 0 Å². The van der Waals surface area contributed by atoms with Gasteiger partial charge in [-0.05, 0) is 27.8 Å². The number of hydrogen-bond acceptors (Lipinski definition) is 0. The fourth-order valence-corrected chi connectivity index (χ4v) is 2.14. The van der Waals surface area contributed by atoms with Crippen LogP contribution in [0.25, 0.3) is 28.3 Å². The first-order valence-corrected chi connectivity index (χ1v) is 4.77. The van der Waals surface area contributed by atoms with E-state index in [1.54, 1.807) is 0 Å². The minimum absolute atomic E-state index is 1.24. The summed E-state index contributed by atoms with van der Waals surface area (Å²) in [6.45, 7) is 3.84. The van der Waals surface area contributed by atoms with Gasteiger partial charge in [0.1, 0.15) is 0 Å². The summed E-state index contributed by atoms with van der Waals surface area (Å²) in [5.41, 5.74) is 6.68. The summed E-state index contributed by atoms with van der Waals surface area (Å²) in [5.74, 6) is 0. The summed E-state index contributed by atoms with van der Waals surface area (Å²) in [4.78, 5) is 0. The van der Waals surface area contributed by atoms with Gasteiger partial charge in [0.25, 0.3) is 0 Å². The van der Waals surface area contributed by atoms with Crippen molar-refractivity contribution in [2.45, 2.75) is 0 Å². The topological polar surface area (TPSA) is 0 Å². The molecular formula is C14H10. The van der Waals surface area contributed by atoms with Gasteiger partial charge in [-0.15, -0.1) is 0 Å². The van der Waals surface area contributed by atoms with E-state index in [0.717, 1.165) is 0 Å². The van der Waals surface area contributed by atoms with Crippen molar-refractivity contribution in [1.29, 1.82) is 0 Å². The zero-order valence-corrected chi connectivity index (χ0v) is 7.83. The molecule has 0 spiro atoms. The quantitative estimate of drug-likeness (QED) is 0.528. The van der Waals surface area contributed by atoms with Gasteiger partial charge in [-0.25, -0.2) is 0 Å². The van der Waals surface area contributed by atoms with E-state index in [1.165, 1.54) is 27.8 Å². The molecule has 66 valence electrons. The molecule has 0 amide bonds. The van der Waals surface area contributed by atoms with E-state index in [-0.39, 0.29) is 0 Å². The van der Waals surface area contributed by atoms with E-state index < -0.39 is 0 Å². The van der Waals surface area contributed by atoms with Gasteiger partial charge >= 0.3 is 0 Å². The van der Waals surface area contributed by atoms with Gasteiger partial charge in [0.2, 0.25) is 0 Å². The van der Waals surface area contributed by atoms with E-state index in [9.17, 15) is 0 Å². The first kappa shape index (κ1) is 7.57. The van der Waals surface area contributed by atoms with Gasteiger partial charge in [0.05, 0.1) is 0 Å². The van der Waals surface area contributed by atoms with Crippen molar-refractivity contribution in [1.82, 2.24) is 0 Å². The molecule has 0 atom stereocenters. The predicted octanol–water partition coefficient (Wildman–Crippen LogP) is 3.98. The van der Waals surface area contributed by atoms with Crippen molar-refractivity contribution in [3.05, 3.63) is 54.6 Å². The Morgan fingerprint density at radius 2 is 1.50 bits per heavy atom. The molecule has 0 nitrogen and oxygen atoms in total. The van der Waals surface area contributed by atoms with E-state index in [4.69, 9.17) is 0 Å². The molecule has 0 N–H and O–H groups in total. The molecule has 1 aliphatic rings. The first-order valence-electron chi connectivity index (χ1n) is 4.77. The third-order valence-electron chi connectivity index (χ3n) is 2.80. The van der Waals surface area contributed by atoms with Gasteiger partial charge in [0.15, 0.2) is 0 Å². The van der Waals surface area contributed by atoms with Crippen LogP contribution in [0, 0.1) is 0 Å². The molecule has 0 bridgehead atoms. The van der Waals surface area contributed by atoms with Crippen molar-refractivity contribution >= 4 is 6.08 Å². The summed E-state index contributed by atoms with van der Waals surface area (Å²) < 4.78 is 0. The Labute approximate surface area is 83.5 Å². The van der Waals surface area contributed by atoms with E-state index >= 15 is 0 Å². The highest BCUT2D eigenvalue weighted by Gasteiger charge is 2.22. The number of rotatable bonds is 1. The molecule has 0 heteroatoms. The average molecular weight is 178 g/mol. The highest BCUT2D eigenvalue weighted by molar-refractivity contribution is 6.05. The molecule has 3 rings (SSSR count). The third-order valence-corrected chi connectivity index (χ3v) is 2.80. The van der Waals surface area contributed by atoms with Crippen LogP contribution in [0.1, 0.15) is 5.56 Å². The summed E-state index contributed by atoms with van der Waals surface area (Å²) in [6.07, 6.45) is 1.93. The second-order valence-corrected chi connectivity index (χ2v) is 3.52. The third kappa shape index (κ3) is 0.779. The molecule has 14 heavy (non-hydrogen) atoms. The lowest BCUT2D eigenvalue weighted by Crippen LogP contribution is -1.99. The standard InChI is InChI=1S/C14H10/c1-2-10-6-5-9-13-11-7-3-4-8-12(11)14(10)13/h2-9H,1H2. The van der Waals surface area contributed by atoms with E-state index in [1.807, 2.05) is 6.08 Å². The van der Waals surface area contributed by atoms with Gasteiger partial charge in [-0.2, -0.15) is 0 Å². The lowest BCUT2D eigenvalue weighted by molar-refractivity contribution is 1.50. The average Bonchev–Trinajstić information content (AvgIpc) is 2.24. The summed E-state index contributed by atoms with van der Waals surface area (Å²) in [6, 6.07) is 14.9. The zero-order chi connectivity index (χ0) is 9.54. The molecule has 0 fully saturated rings. The Morgan fingerprint density at radius 3 is 2.29 bits per heavy atom. The summed E-state index contributed by atoms with van der Waals surface area (Å²) in [5, 5.41) is 0. The molecule has 2 aromatic rings. The van der Waals surface area contributed by atoms with Crippen LogP contribution in [-0.2, 0) is 0 Å². The molecule has 0 saturated heterocycles. The maximum Gasteiger partial charge on any atom is -0.00266 e. The van der Waals surface area contributed by atoms with Crippen LogP contribution in [-0.4, -0.2) is 0 Å². The van der Waals surface area contributed by atoms with Crippen LogP contribution in [0.5, 0.6) is 0 Å². The van der Waals surface area contributed by atoms with Gasteiger partial charge in [-0.1, -0.05) is 55.1 Å². The molecule has 0 radical (unpaired) electrons. The van der Waals surface area contributed by atoms with Crippen molar-refractivity contribution in [2.24, 2.45) is 0 Å². The maximum atomic E-state index is 3.84. The van der Waals surface area contributed by atoms with Gasteiger partial charge in [-0.3, -0.25) is 0 Å². The van der Waals surface area contributed by atoms with Crippen LogP contribution in [0.15, 0.2) is 49.0 Å². The normalized spacial score (nSPS) is 11.1. The SMILES string of the molecule is C=Cc1cccc2c1-c1ccccc1-2. The number of fused-ring (bicyclic) bond motifs is 4. The lowest BCUT2D eigenvalue weighted by atomic mass is 9.78. The van der Waals surface area contributed by atoms with Crippen LogP contribution in [0.4, 0.5) is 0 Å². The largest absolute Gasteiger partial charge is 0.0984 e. The maximum absolute atomic E-state index is 3.84. The van der Waals surface area contributed by atoms with Crippen LogP contribution >= 0.6 is 0 Å². The van der Waals surface area contributed by atoms with Crippen molar-refractivity contribution < 1.29 is 0 Å². The highest BCUT2D eigenvalue weighted by atomic mass is 14.3. The van der Waals surface area contributed by atoms with Crippen molar-refractivity contribution in [3.63, 3.8) is 0 Å². The fourth-order valence-electron chi connectivity index (χ4n) is 2.14. The molecule has 1 aliphatic carbocycles. The van der Waals surface area contributed by atoms with Gasteiger partial charge < -0.3 is 0 Å². The predicted molar refractivity (Wildman–Crippen MR) is 61.0 cm³/mol. The Balaban J connectivity index is 2.33. The summed E-state index contributed by atoms with van der Waals surface area (Å²) in [7, 11) is 0. The molecule has 0 unspecified atom stereocenters. The second kappa shape index (κ2) is 2.58. The number of hydrogen-bond donors (Lipinski definition) is 0. The Hall–Kier alpha value is -1.82. The molecule has 0 aliphatic heterocycles. The molecule has 0 aromatic heterocycles. The fraction of sp³-hybridized carbons (Fsp3) is 0. The van der Waals surface area contributed by atoms with E-state index in [0.29, 0.717) is 0 Å². The minimum Gasteiger partial charge on any atom is -0.0984 e. The highest BCUT2D eigenvalue weighted by Crippen LogP contribution is 2.48. The summed E-state index contributed by atoms with van der Waals surface area (Å²) >= 11 is 0. The molecule has 2 aromatic carbocycles. The van der Waals surface area contributed by atoms with E-state index in [2.05, 4.69) is 49.0 Å². The minimum atomic E-state index is 1.24. The molecule has 0 saturated carbocycles. The van der Waals surface area contributed by atoms with Gasteiger partial charge in [0, 0.05) is 0 Å². The first-order chi connectivity index (χ1) is 6.92. The lowest BCUT2D eigenvalue weighted by Gasteiger charge is -2.25. The van der Waals surface area contributed by atoms with Crippen molar-refractivity contribution in [3.8, 4) is 22.3 Å².